The van der Waals surface area contributed by atoms with Crippen molar-refractivity contribution < 1.29 is 27.6 Å². The van der Waals surface area contributed by atoms with Gasteiger partial charge >= 0.3 is 6.18 Å². The van der Waals surface area contributed by atoms with Gasteiger partial charge in [0.1, 0.15) is 0 Å². The zero-order valence-corrected chi connectivity index (χ0v) is 16.8. The van der Waals surface area contributed by atoms with Crippen LogP contribution in [-0.2, 0) is 28.9 Å². The Kier molecular flexibility index (Phi) is 6.62. The van der Waals surface area contributed by atoms with Gasteiger partial charge in [-0.2, -0.15) is 13.2 Å². The number of nitrogens with zero attached hydrogens (tertiary/aromatic N) is 1. The summed E-state index contributed by atoms with van der Waals surface area (Å²) in [5.41, 5.74) is 0.789. The summed E-state index contributed by atoms with van der Waals surface area (Å²) in [6.45, 7) is 0.349. The maximum Gasteiger partial charge on any atom is 0.416 e. The van der Waals surface area contributed by atoms with E-state index < -0.39 is 17.7 Å². The van der Waals surface area contributed by atoms with Gasteiger partial charge in [0.2, 0.25) is 11.8 Å². The van der Waals surface area contributed by atoms with Crippen LogP contribution in [0.5, 0.6) is 0 Å². The van der Waals surface area contributed by atoms with Gasteiger partial charge in [-0.1, -0.05) is 24.3 Å². The predicted octanol–water partition coefficient (Wildman–Crippen LogP) is 2.73. The van der Waals surface area contributed by atoms with E-state index in [0.29, 0.717) is 11.1 Å². The van der Waals surface area contributed by atoms with Gasteiger partial charge in [0, 0.05) is 38.7 Å². The van der Waals surface area contributed by atoms with Crippen molar-refractivity contribution in [3.63, 3.8) is 0 Å². The zero-order chi connectivity index (χ0) is 22.6. The van der Waals surface area contributed by atoms with Crippen molar-refractivity contribution in [3.8, 4) is 0 Å². The van der Waals surface area contributed by atoms with Crippen LogP contribution >= 0.6 is 0 Å². The van der Waals surface area contributed by atoms with E-state index in [0.717, 1.165) is 17.7 Å². The van der Waals surface area contributed by atoms with Gasteiger partial charge in [-0.05, 0) is 35.4 Å². The van der Waals surface area contributed by atoms with E-state index in [1.165, 1.54) is 24.1 Å². The highest BCUT2D eigenvalue weighted by molar-refractivity contribution is 5.94. The molecule has 0 aliphatic carbocycles. The van der Waals surface area contributed by atoms with Crippen LogP contribution in [0.4, 0.5) is 13.2 Å². The molecule has 3 rings (SSSR count). The first-order valence-corrected chi connectivity index (χ1v) is 9.70. The lowest BCUT2D eigenvalue weighted by Gasteiger charge is -2.18. The molecular weight excluding hydrogens is 411 g/mol. The first-order chi connectivity index (χ1) is 14.7. The van der Waals surface area contributed by atoms with Gasteiger partial charge in [0.05, 0.1) is 11.5 Å². The molecule has 31 heavy (non-hydrogen) atoms. The minimum atomic E-state index is -4.46. The largest absolute Gasteiger partial charge is 0.416 e. The second-order valence-electron chi connectivity index (χ2n) is 7.37. The number of rotatable bonds is 6. The third kappa shape index (κ3) is 5.62. The standard InChI is InChI=1S/C22H22F3N3O3/c1-26-20(30)16-6-2-4-14(8-16)11-27-21(31)17-10-19(29)28(13-17)12-15-5-3-7-18(9-15)22(23,24)25/h2-9,17H,10-13H2,1H3,(H,26,30)(H,27,31). The number of hydrogen-bond acceptors (Lipinski definition) is 3. The monoisotopic (exact) mass is 433 g/mol. The van der Waals surface area contributed by atoms with Crippen molar-refractivity contribution in [2.45, 2.75) is 25.7 Å². The van der Waals surface area contributed by atoms with Crippen LogP contribution in [-0.4, -0.2) is 36.2 Å². The molecule has 9 heteroatoms. The van der Waals surface area contributed by atoms with Gasteiger partial charge in [-0.3, -0.25) is 14.4 Å². The Morgan fingerprint density at radius 3 is 2.52 bits per heavy atom. The fourth-order valence-corrected chi connectivity index (χ4v) is 3.47. The van der Waals surface area contributed by atoms with Crippen LogP contribution in [0.2, 0.25) is 0 Å². The summed E-state index contributed by atoms with van der Waals surface area (Å²) in [4.78, 5) is 37.9. The molecule has 0 aromatic heterocycles. The number of amides is 3. The molecule has 6 nitrogen and oxygen atoms in total. The molecule has 3 amide bonds. The van der Waals surface area contributed by atoms with E-state index in [1.54, 1.807) is 24.3 Å². The first-order valence-electron chi connectivity index (χ1n) is 9.70. The maximum atomic E-state index is 12.9. The maximum absolute atomic E-state index is 12.9. The molecule has 0 spiro atoms. The van der Waals surface area contributed by atoms with Gasteiger partial charge in [-0.15, -0.1) is 0 Å². The molecule has 1 aliphatic rings. The lowest BCUT2D eigenvalue weighted by molar-refractivity contribution is -0.137. The lowest BCUT2D eigenvalue weighted by atomic mass is 10.1. The Balaban J connectivity index is 1.58. The Labute approximate surface area is 177 Å². The van der Waals surface area contributed by atoms with Gasteiger partial charge < -0.3 is 15.5 Å². The third-order valence-electron chi connectivity index (χ3n) is 5.10. The Hall–Kier alpha value is -3.36. The normalized spacial score (nSPS) is 16.3. The smallest absolute Gasteiger partial charge is 0.355 e. The summed E-state index contributed by atoms with van der Waals surface area (Å²) in [6.07, 6.45) is -4.45. The molecule has 0 radical (unpaired) electrons. The summed E-state index contributed by atoms with van der Waals surface area (Å²) < 4.78 is 38.7. The van der Waals surface area contributed by atoms with Crippen molar-refractivity contribution in [2.75, 3.05) is 13.6 Å². The highest BCUT2D eigenvalue weighted by atomic mass is 19.4. The van der Waals surface area contributed by atoms with Crippen LogP contribution < -0.4 is 10.6 Å². The average Bonchev–Trinajstić information content (AvgIpc) is 3.11. The molecule has 2 aromatic rings. The van der Waals surface area contributed by atoms with E-state index in [-0.39, 0.29) is 43.8 Å². The number of benzene rings is 2. The summed E-state index contributed by atoms with van der Waals surface area (Å²) in [6, 6.07) is 11.6. The van der Waals surface area contributed by atoms with Crippen molar-refractivity contribution in [1.82, 2.24) is 15.5 Å². The molecule has 164 valence electrons. The number of halogens is 3. The minimum Gasteiger partial charge on any atom is -0.355 e. The van der Waals surface area contributed by atoms with E-state index in [4.69, 9.17) is 0 Å². The molecule has 2 N–H and O–H groups in total. The fraction of sp³-hybridized carbons (Fsp3) is 0.318. The average molecular weight is 433 g/mol. The SMILES string of the molecule is CNC(=O)c1cccc(CNC(=O)C2CC(=O)N(Cc3cccc(C(F)(F)F)c3)C2)c1. The molecule has 1 fully saturated rings. The molecule has 1 heterocycles. The van der Waals surface area contributed by atoms with Gasteiger partial charge in [0.25, 0.3) is 5.91 Å². The Bertz CT molecular complexity index is 991. The third-order valence-corrected chi connectivity index (χ3v) is 5.10. The molecule has 0 bridgehead atoms. The second-order valence-corrected chi connectivity index (χ2v) is 7.37. The number of hydrogen-bond donors (Lipinski definition) is 2. The number of carbonyl (C=O) groups is 3. The Morgan fingerprint density at radius 1 is 1.10 bits per heavy atom. The zero-order valence-electron chi connectivity index (χ0n) is 16.8. The van der Waals surface area contributed by atoms with Crippen LogP contribution in [0.3, 0.4) is 0 Å². The van der Waals surface area contributed by atoms with E-state index >= 15 is 0 Å². The molecule has 2 aromatic carbocycles. The summed E-state index contributed by atoms with van der Waals surface area (Å²) in [5.74, 6) is -1.41. The van der Waals surface area contributed by atoms with Crippen LogP contribution in [0.1, 0.15) is 33.5 Å². The second kappa shape index (κ2) is 9.20. The van der Waals surface area contributed by atoms with Gasteiger partial charge in [0.15, 0.2) is 0 Å². The Morgan fingerprint density at radius 2 is 1.81 bits per heavy atom. The van der Waals surface area contributed by atoms with E-state index in [1.807, 2.05) is 0 Å². The van der Waals surface area contributed by atoms with Crippen molar-refractivity contribution >= 4 is 17.7 Å². The van der Waals surface area contributed by atoms with Crippen molar-refractivity contribution in [2.24, 2.45) is 5.92 Å². The number of carbonyl (C=O) groups excluding carboxylic acids is 3. The molecule has 1 atom stereocenters. The number of alkyl halides is 3. The predicted molar refractivity (Wildman–Crippen MR) is 107 cm³/mol. The minimum absolute atomic E-state index is 0.00305. The fourth-order valence-electron chi connectivity index (χ4n) is 3.47. The number of nitrogens with one attached hydrogen (secondary N) is 2. The molecule has 1 aliphatic heterocycles. The topological polar surface area (TPSA) is 78.5 Å². The quantitative estimate of drug-likeness (QED) is 0.736. The van der Waals surface area contributed by atoms with Crippen molar-refractivity contribution in [1.29, 1.82) is 0 Å². The summed E-state index contributed by atoms with van der Waals surface area (Å²) >= 11 is 0. The van der Waals surface area contributed by atoms with Crippen LogP contribution in [0.15, 0.2) is 48.5 Å². The van der Waals surface area contributed by atoms with E-state index in [2.05, 4.69) is 10.6 Å². The highest BCUT2D eigenvalue weighted by Gasteiger charge is 2.35. The summed E-state index contributed by atoms with van der Waals surface area (Å²) in [5, 5.41) is 5.29. The van der Waals surface area contributed by atoms with E-state index in [9.17, 15) is 27.6 Å². The van der Waals surface area contributed by atoms with Crippen LogP contribution in [0, 0.1) is 5.92 Å². The van der Waals surface area contributed by atoms with Crippen LogP contribution in [0.25, 0.3) is 0 Å². The first kappa shape index (κ1) is 22.3. The van der Waals surface area contributed by atoms with Crippen molar-refractivity contribution in [3.05, 3.63) is 70.8 Å². The highest BCUT2D eigenvalue weighted by Crippen LogP contribution is 2.30. The number of likely N-dealkylation sites (tertiary alicyclic amines) is 1. The summed E-state index contributed by atoms with van der Waals surface area (Å²) in [7, 11) is 1.53. The lowest BCUT2D eigenvalue weighted by Crippen LogP contribution is -2.32. The molecule has 0 saturated carbocycles. The molecular formula is C22H22F3N3O3. The molecule has 1 unspecified atom stereocenters. The van der Waals surface area contributed by atoms with Gasteiger partial charge in [-0.25, -0.2) is 0 Å². The molecule has 1 saturated heterocycles.